The lowest BCUT2D eigenvalue weighted by Crippen LogP contribution is -2.24. The fourth-order valence-electron chi connectivity index (χ4n) is 1.82. The molecule has 2 N–H and O–H groups in total. The molecule has 0 fully saturated rings. The van der Waals surface area contributed by atoms with Gasteiger partial charge in [0.1, 0.15) is 5.75 Å². The summed E-state index contributed by atoms with van der Waals surface area (Å²) >= 11 is 0. The number of hydrazone groups is 1. The van der Waals surface area contributed by atoms with E-state index >= 15 is 0 Å². The van der Waals surface area contributed by atoms with Gasteiger partial charge in [-0.3, -0.25) is 0 Å². The predicted octanol–water partition coefficient (Wildman–Crippen LogP) is 3.16. The molecule has 0 saturated carbocycles. The van der Waals surface area contributed by atoms with E-state index in [-0.39, 0.29) is 0 Å². The Balaban J connectivity index is 1.93. The number of nitrogens with zero attached hydrogens (tertiary/aromatic N) is 1. The number of rotatable bonds is 4. The number of amides is 2. The van der Waals surface area contributed by atoms with Gasteiger partial charge in [0.25, 0.3) is 0 Å². The number of benzene rings is 2. The largest absolute Gasteiger partial charge is 0.496 e. The summed E-state index contributed by atoms with van der Waals surface area (Å²) in [6.45, 7) is 1.96. The van der Waals surface area contributed by atoms with Crippen molar-refractivity contribution in [1.82, 2.24) is 5.43 Å². The number of hydrogen-bond acceptors (Lipinski definition) is 3. The Labute approximate surface area is 123 Å². The molecule has 0 spiro atoms. The Morgan fingerprint density at radius 2 is 2.00 bits per heavy atom. The number of methoxy groups -OCH3 is 1. The summed E-state index contributed by atoms with van der Waals surface area (Å²) < 4.78 is 5.19. The first-order valence-corrected chi connectivity index (χ1v) is 6.49. The van der Waals surface area contributed by atoms with E-state index in [0.29, 0.717) is 5.75 Å². The zero-order chi connectivity index (χ0) is 15.1. The Morgan fingerprint density at radius 3 is 2.76 bits per heavy atom. The zero-order valence-electron chi connectivity index (χ0n) is 12.0. The molecule has 0 saturated heterocycles. The normalized spacial score (nSPS) is 10.4. The van der Waals surface area contributed by atoms with Gasteiger partial charge in [-0.25, -0.2) is 10.2 Å². The maximum absolute atomic E-state index is 11.7. The third-order valence-electron chi connectivity index (χ3n) is 2.78. The summed E-state index contributed by atoms with van der Waals surface area (Å²) in [5, 5.41) is 6.60. The van der Waals surface area contributed by atoms with E-state index in [1.165, 1.54) is 6.21 Å². The number of nitrogens with one attached hydrogen (secondary N) is 2. The van der Waals surface area contributed by atoms with Gasteiger partial charge in [-0.15, -0.1) is 0 Å². The Kier molecular flexibility index (Phi) is 4.93. The summed E-state index contributed by atoms with van der Waals surface area (Å²) in [5.74, 6) is 0.696. The van der Waals surface area contributed by atoms with Crippen LogP contribution in [0.2, 0.25) is 0 Å². The second kappa shape index (κ2) is 7.09. The summed E-state index contributed by atoms with van der Waals surface area (Å²) in [5.41, 5.74) is 5.00. The van der Waals surface area contributed by atoms with Crippen LogP contribution in [0.15, 0.2) is 53.6 Å². The number of ether oxygens (including phenoxy) is 1. The number of aryl methyl sites for hydroxylation is 1. The van der Waals surface area contributed by atoms with Gasteiger partial charge in [-0.05, 0) is 36.8 Å². The molecule has 0 heterocycles. The molecule has 0 aliphatic rings. The van der Waals surface area contributed by atoms with Crippen LogP contribution in [0.25, 0.3) is 0 Å². The lowest BCUT2D eigenvalue weighted by Gasteiger charge is -2.05. The molecule has 0 unspecified atom stereocenters. The molecule has 2 aromatic rings. The van der Waals surface area contributed by atoms with Crippen LogP contribution in [0.1, 0.15) is 11.1 Å². The molecule has 0 aliphatic carbocycles. The maximum atomic E-state index is 11.7. The van der Waals surface area contributed by atoms with Gasteiger partial charge < -0.3 is 10.1 Å². The van der Waals surface area contributed by atoms with Crippen LogP contribution < -0.4 is 15.5 Å². The first-order chi connectivity index (χ1) is 10.2. The van der Waals surface area contributed by atoms with E-state index in [0.717, 1.165) is 16.8 Å². The van der Waals surface area contributed by atoms with Crippen LogP contribution in [0, 0.1) is 6.92 Å². The van der Waals surface area contributed by atoms with E-state index < -0.39 is 6.03 Å². The SMILES string of the molecule is COc1ccccc1/C=N/NC(=O)Nc1cccc(C)c1. The highest BCUT2D eigenvalue weighted by Crippen LogP contribution is 2.14. The van der Waals surface area contributed by atoms with Crippen LogP contribution in [0.3, 0.4) is 0 Å². The molecule has 0 radical (unpaired) electrons. The molecule has 0 bridgehead atoms. The summed E-state index contributed by atoms with van der Waals surface area (Å²) in [7, 11) is 1.59. The first kappa shape index (κ1) is 14.6. The van der Waals surface area contributed by atoms with Gasteiger partial charge in [0.05, 0.1) is 13.3 Å². The number of para-hydroxylation sites is 1. The van der Waals surface area contributed by atoms with E-state index in [2.05, 4.69) is 15.8 Å². The van der Waals surface area contributed by atoms with Crippen molar-refractivity contribution in [3.05, 3.63) is 59.7 Å². The van der Waals surface area contributed by atoms with Crippen molar-refractivity contribution in [3.63, 3.8) is 0 Å². The number of hydrogen-bond donors (Lipinski definition) is 2. The number of anilines is 1. The molecule has 21 heavy (non-hydrogen) atoms. The standard InChI is InChI=1S/C16H17N3O2/c1-12-6-5-8-14(10-12)18-16(20)19-17-11-13-7-3-4-9-15(13)21-2/h3-11H,1-2H3,(H2,18,19,20)/b17-11+. The van der Waals surface area contributed by atoms with Gasteiger partial charge >= 0.3 is 6.03 Å². The second-order valence-electron chi connectivity index (χ2n) is 4.44. The third kappa shape index (κ3) is 4.35. The van der Waals surface area contributed by atoms with Gasteiger partial charge in [-0.2, -0.15) is 5.10 Å². The third-order valence-corrected chi connectivity index (χ3v) is 2.78. The van der Waals surface area contributed by atoms with Crippen molar-refractivity contribution in [2.75, 3.05) is 12.4 Å². The molecule has 0 aliphatic heterocycles. The average molecular weight is 283 g/mol. The molecular formula is C16H17N3O2. The molecule has 2 amide bonds. The maximum Gasteiger partial charge on any atom is 0.339 e. The minimum Gasteiger partial charge on any atom is -0.496 e. The van der Waals surface area contributed by atoms with E-state index in [4.69, 9.17) is 4.74 Å². The van der Waals surface area contributed by atoms with Gasteiger partial charge in [0, 0.05) is 11.3 Å². The monoisotopic (exact) mass is 283 g/mol. The quantitative estimate of drug-likeness (QED) is 0.668. The Hall–Kier alpha value is -2.82. The average Bonchev–Trinajstić information content (AvgIpc) is 2.47. The smallest absolute Gasteiger partial charge is 0.339 e. The highest BCUT2D eigenvalue weighted by molar-refractivity contribution is 5.90. The van der Waals surface area contributed by atoms with Crippen LogP contribution in [-0.4, -0.2) is 19.4 Å². The fourth-order valence-corrected chi connectivity index (χ4v) is 1.82. The highest BCUT2D eigenvalue weighted by atomic mass is 16.5. The minimum absolute atomic E-state index is 0.397. The number of urea groups is 1. The molecular weight excluding hydrogens is 266 g/mol. The number of carbonyl (C=O) groups excluding carboxylic acids is 1. The van der Waals surface area contributed by atoms with Crippen molar-refractivity contribution < 1.29 is 9.53 Å². The Bertz CT molecular complexity index is 653. The highest BCUT2D eigenvalue weighted by Gasteiger charge is 2.01. The zero-order valence-corrected chi connectivity index (χ0v) is 12.0. The first-order valence-electron chi connectivity index (χ1n) is 6.49. The van der Waals surface area contributed by atoms with Crippen LogP contribution >= 0.6 is 0 Å². The molecule has 2 rings (SSSR count). The van der Waals surface area contributed by atoms with E-state index in [1.54, 1.807) is 7.11 Å². The fraction of sp³-hybridized carbons (Fsp3) is 0.125. The van der Waals surface area contributed by atoms with Gasteiger partial charge in [-0.1, -0.05) is 24.3 Å². The molecule has 0 atom stereocenters. The van der Waals surface area contributed by atoms with E-state index in [1.807, 2.05) is 55.5 Å². The van der Waals surface area contributed by atoms with Crippen molar-refractivity contribution in [2.45, 2.75) is 6.92 Å². The van der Waals surface area contributed by atoms with Gasteiger partial charge in [0.15, 0.2) is 0 Å². The molecule has 108 valence electrons. The van der Waals surface area contributed by atoms with Crippen molar-refractivity contribution in [1.29, 1.82) is 0 Å². The Morgan fingerprint density at radius 1 is 1.19 bits per heavy atom. The predicted molar refractivity (Wildman–Crippen MR) is 83.9 cm³/mol. The van der Waals surface area contributed by atoms with Crippen molar-refractivity contribution >= 4 is 17.9 Å². The lowest BCUT2D eigenvalue weighted by atomic mass is 10.2. The van der Waals surface area contributed by atoms with Gasteiger partial charge in [0.2, 0.25) is 0 Å². The molecule has 0 aromatic heterocycles. The van der Waals surface area contributed by atoms with Crippen molar-refractivity contribution in [2.24, 2.45) is 5.10 Å². The topological polar surface area (TPSA) is 62.7 Å². The number of carbonyl (C=O) groups is 1. The van der Waals surface area contributed by atoms with Crippen molar-refractivity contribution in [3.8, 4) is 5.75 Å². The summed E-state index contributed by atoms with van der Waals surface area (Å²) in [6.07, 6.45) is 1.54. The summed E-state index contributed by atoms with van der Waals surface area (Å²) in [4.78, 5) is 11.7. The summed E-state index contributed by atoms with van der Waals surface area (Å²) in [6, 6.07) is 14.6. The molecule has 5 heteroatoms. The van der Waals surface area contributed by atoms with E-state index in [9.17, 15) is 4.79 Å². The second-order valence-corrected chi connectivity index (χ2v) is 4.44. The van der Waals surface area contributed by atoms with Crippen LogP contribution in [0.4, 0.5) is 10.5 Å². The minimum atomic E-state index is -0.397. The molecule has 2 aromatic carbocycles. The van der Waals surface area contributed by atoms with Crippen LogP contribution in [-0.2, 0) is 0 Å². The lowest BCUT2D eigenvalue weighted by molar-refractivity contribution is 0.252. The molecule has 5 nitrogen and oxygen atoms in total. The van der Waals surface area contributed by atoms with Crippen LogP contribution in [0.5, 0.6) is 5.75 Å².